The van der Waals surface area contributed by atoms with Crippen molar-refractivity contribution in [3.8, 4) is 5.75 Å². The van der Waals surface area contributed by atoms with E-state index in [9.17, 15) is 8.78 Å². The van der Waals surface area contributed by atoms with E-state index in [4.69, 9.17) is 5.73 Å². The molecule has 1 aliphatic rings. The third kappa shape index (κ3) is 3.69. The van der Waals surface area contributed by atoms with Gasteiger partial charge in [-0.3, -0.25) is 0 Å². The number of nitrogens with two attached hydrogens (primary N) is 1. The van der Waals surface area contributed by atoms with E-state index >= 15 is 0 Å². The molecule has 0 amide bonds. The first-order chi connectivity index (χ1) is 9.61. The van der Waals surface area contributed by atoms with Crippen LogP contribution in [-0.4, -0.2) is 6.61 Å². The maximum absolute atomic E-state index is 12.5. The van der Waals surface area contributed by atoms with Crippen molar-refractivity contribution in [3.05, 3.63) is 29.8 Å². The summed E-state index contributed by atoms with van der Waals surface area (Å²) in [6, 6.07) is 6.68. The number of halogens is 2. The molecular weight excluding hydrogens is 260 g/mol. The Morgan fingerprint density at radius 3 is 2.75 bits per heavy atom. The van der Waals surface area contributed by atoms with Crippen LogP contribution < -0.4 is 10.5 Å². The molecule has 2 rings (SSSR count). The molecule has 1 fully saturated rings. The second-order valence-electron chi connectivity index (χ2n) is 5.64. The van der Waals surface area contributed by atoms with Gasteiger partial charge in [0.05, 0.1) is 0 Å². The van der Waals surface area contributed by atoms with Gasteiger partial charge in [0.15, 0.2) is 0 Å². The Balaban J connectivity index is 2.13. The van der Waals surface area contributed by atoms with E-state index in [-0.39, 0.29) is 11.8 Å². The maximum atomic E-state index is 12.5. The molecule has 0 aliphatic heterocycles. The minimum atomic E-state index is -2.81. The summed E-state index contributed by atoms with van der Waals surface area (Å²) in [4.78, 5) is 0. The quantitative estimate of drug-likeness (QED) is 0.863. The normalized spacial score (nSPS) is 24.6. The number of alkyl halides is 2. The molecular formula is C16H23F2NO. The number of benzene rings is 1. The molecule has 3 atom stereocenters. The highest BCUT2D eigenvalue weighted by Gasteiger charge is 2.28. The Bertz CT molecular complexity index is 425. The summed E-state index contributed by atoms with van der Waals surface area (Å²) in [5.41, 5.74) is 7.04. The van der Waals surface area contributed by atoms with E-state index in [1.165, 1.54) is 19.3 Å². The predicted octanol–water partition coefficient (Wildman–Crippen LogP) is 4.50. The Morgan fingerprint density at radius 1 is 1.30 bits per heavy atom. The molecule has 1 aromatic rings. The van der Waals surface area contributed by atoms with Crippen molar-refractivity contribution >= 4 is 0 Å². The Kier molecular flexibility index (Phi) is 5.35. The maximum Gasteiger partial charge on any atom is 0.387 e. The van der Waals surface area contributed by atoms with E-state index in [1.54, 1.807) is 18.2 Å². The summed E-state index contributed by atoms with van der Waals surface area (Å²) in [5.74, 6) is 1.28. The molecule has 1 saturated carbocycles. The molecule has 0 spiro atoms. The van der Waals surface area contributed by atoms with Crippen molar-refractivity contribution in [2.45, 2.75) is 51.7 Å². The molecule has 1 aromatic carbocycles. The molecule has 3 unspecified atom stereocenters. The summed E-state index contributed by atoms with van der Waals surface area (Å²) >= 11 is 0. The first kappa shape index (κ1) is 15.2. The van der Waals surface area contributed by atoms with E-state index in [0.717, 1.165) is 12.8 Å². The van der Waals surface area contributed by atoms with Crippen molar-refractivity contribution in [1.82, 2.24) is 0 Å². The highest BCUT2D eigenvalue weighted by Crippen LogP contribution is 2.39. The van der Waals surface area contributed by atoms with Gasteiger partial charge >= 0.3 is 6.61 Å². The number of hydrogen-bond acceptors (Lipinski definition) is 2. The van der Waals surface area contributed by atoms with Crippen LogP contribution in [0.1, 0.15) is 50.6 Å². The average molecular weight is 283 g/mol. The van der Waals surface area contributed by atoms with Crippen LogP contribution in [0.3, 0.4) is 0 Å². The van der Waals surface area contributed by atoms with Crippen molar-refractivity contribution < 1.29 is 13.5 Å². The van der Waals surface area contributed by atoms with Crippen molar-refractivity contribution in [1.29, 1.82) is 0 Å². The molecule has 2 N–H and O–H groups in total. The predicted molar refractivity (Wildman–Crippen MR) is 75.7 cm³/mol. The van der Waals surface area contributed by atoms with Crippen molar-refractivity contribution in [2.24, 2.45) is 17.6 Å². The van der Waals surface area contributed by atoms with Gasteiger partial charge in [0, 0.05) is 11.6 Å². The number of hydrogen-bond donors (Lipinski definition) is 1. The molecule has 20 heavy (non-hydrogen) atoms. The van der Waals surface area contributed by atoms with Crippen LogP contribution in [0.15, 0.2) is 24.3 Å². The first-order valence-corrected chi connectivity index (χ1v) is 7.41. The lowest BCUT2D eigenvalue weighted by Crippen LogP contribution is -2.27. The first-order valence-electron chi connectivity index (χ1n) is 7.41. The van der Waals surface area contributed by atoms with Gasteiger partial charge in [-0.1, -0.05) is 44.4 Å². The minimum Gasteiger partial charge on any atom is -0.434 e. The van der Waals surface area contributed by atoms with Crippen molar-refractivity contribution in [3.63, 3.8) is 0 Å². The second kappa shape index (κ2) is 7.02. The van der Waals surface area contributed by atoms with Gasteiger partial charge < -0.3 is 10.5 Å². The molecule has 0 heterocycles. The Labute approximate surface area is 119 Å². The zero-order valence-corrected chi connectivity index (χ0v) is 11.9. The van der Waals surface area contributed by atoms with Gasteiger partial charge in [-0.2, -0.15) is 8.78 Å². The molecule has 0 aromatic heterocycles. The number of para-hydroxylation sites is 1. The fourth-order valence-electron chi connectivity index (χ4n) is 3.24. The van der Waals surface area contributed by atoms with E-state index in [2.05, 4.69) is 11.7 Å². The lowest BCUT2D eigenvalue weighted by atomic mass is 9.75. The third-order valence-corrected chi connectivity index (χ3v) is 4.40. The van der Waals surface area contributed by atoms with Gasteiger partial charge in [-0.05, 0) is 30.7 Å². The Morgan fingerprint density at radius 2 is 2.05 bits per heavy atom. The van der Waals surface area contributed by atoms with Crippen LogP contribution in [0.2, 0.25) is 0 Å². The molecule has 0 radical (unpaired) electrons. The largest absolute Gasteiger partial charge is 0.434 e. The highest BCUT2D eigenvalue weighted by molar-refractivity contribution is 5.36. The van der Waals surface area contributed by atoms with Crippen LogP contribution >= 0.6 is 0 Å². The zero-order chi connectivity index (χ0) is 14.5. The molecule has 112 valence electrons. The van der Waals surface area contributed by atoms with E-state index in [1.807, 2.05) is 6.07 Å². The fourth-order valence-corrected chi connectivity index (χ4v) is 3.24. The zero-order valence-electron chi connectivity index (χ0n) is 11.9. The third-order valence-electron chi connectivity index (χ3n) is 4.40. The van der Waals surface area contributed by atoms with Crippen LogP contribution in [-0.2, 0) is 0 Å². The fraction of sp³-hybridized carbons (Fsp3) is 0.625. The van der Waals surface area contributed by atoms with Crippen LogP contribution in [0.4, 0.5) is 8.78 Å². The molecule has 4 heteroatoms. The summed E-state index contributed by atoms with van der Waals surface area (Å²) < 4.78 is 29.5. The molecule has 1 aliphatic carbocycles. The van der Waals surface area contributed by atoms with Gasteiger partial charge in [0.25, 0.3) is 0 Å². The SMILES string of the molecule is CCC1CCCC(C(N)c2ccccc2OC(F)F)C1. The Hall–Kier alpha value is -1.16. The lowest BCUT2D eigenvalue weighted by molar-refractivity contribution is -0.0508. The second-order valence-corrected chi connectivity index (χ2v) is 5.64. The topological polar surface area (TPSA) is 35.2 Å². The van der Waals surface area contributed by atoms with Crippen LogP contribution in [0, 0.1) is 11.8 Å². The smallest absolute Gasteiger partial charge is 0.387 e. The molecule has 0 saturated heterocycles. The summed E-state index contributed by atoms with van der Waals surface area (Å²) in [7, 11) is 0. The van der Waals surface area contributed by atoms with E-state index in [0.29, 0.717) is 17.4 Å². The van der Waals surface area contributed by atoms with Gasteiger partial charge in [0.2, 0.25) is 0 Å². The monoisotopic (exact) mass is 283 g/mol. The number of rotatable bonds is 5. The standard InChI is InChI=1S/C16H23F2NO/c1-2-11-6-5-7-12(10-11)15(19)13-8-3-4-9-14(13)20-16(17)18/h3-4,8-9,11-12,15-16H,2,5-7,10,19H2,1H3. The summed E-state index contributed by atoms with van der Waals surface area (Å²) in [5, 5.41) is 0. The molecule has 0 bridgehead atoms. The van der Waals surface area contributed by atoms with Crippen molar-refractivity contribution in [2.75, 3.05) is 0 Å². The highest BCUT2D eigenvalue weighted by atomic mass is 19.3. The van der Waals surface area contributed by atoms with Gasteiger partial charge in [0.1, 0.15) is 5.75 Å². The summed E-state index contributed by atoms with van der Waals surface area (Å²) in [6.07, 6.45) is 5.75. The molecule has 2 nitrogen and oxygen atoms in total. The van der Waals surface area contributed by atoms with E-state index < -0.39 is 6.61 Å². The van der Waals surface area contributed by atoms with Gasteiger partial charge in [-0.15, -0.1) is 0 Å². The van der Waals surface area contributed by atoms with Gasteiger partial charge in [-0.25, -0.2) is 0 Å². The average Bonchev–Trinajstić information content (AvgIpc) is 2.46. The van der Waals surface area contributed by atoms with Crippen LogP contribution in [0.5, 0.6) is 5.75 Å². The number of ether oxygens (including phenoxy) is 1. The summed E-state index contributed by atoms with van der Waals surface area (Å²) in [6.45, 7) is -0.607. The minimum absolute atomic E-state index is 0.216. The van der Waals surface area contributed by atoms with Crippen LogP contribution in [0.25, 0.3) is 0 Å². The lowest BCUT2D eigenvalue weighted by Gasteiger charge is -2.33.